The van der Waals surface area contributed by atoms with Crippen molar-refractivity contribution in [1.82, 2.24) is 15.1 Å². The van der Waals surface area contributed by atoms with Crippen molar-refractivity contribution >= 4 is 15.8 Å². The maximum Gasteiger partial charge on any atom is 0.266 e. The monoisotopic (exact) mass is 460 g/mol. The van der Waals surface area contributed by atoms with E-state index in [0.717, 1.165) is 49.1 Å². The van der Waals surface area contributed by atoms with E-state index in [1.165, 1.54) is 57.4 Å². The third-order valence-corrected chi connectivity index (χ3v) is 8.51. The lowest BCUT2D eigenvalue weighted by molar-refractivity contribution is 0.275. The van der Waals surface area contributed by atoms with Gasteiger partial charge in [0.1, 0.15) is 0 Å². The van der Waals surface area contributed by atoms with Crippen molar-refractivity contribution in [3.05, 3.63) is 24.2 Å². The molecule has 2 atom stereocenters. The Balaban J connectivity index is 1.03. The second kappa shape index (κ2) is 9.00. The van der Waals surface area contributed by atoms with Crippen LogP contribution < -0.4 is 9.64 Å². The Bertz CT molecular complexity index is 1010. The topological polar surface area (TPSA) is 98.4 Å². The highest BCUT2D eigenvalue weighted by Gasteiger charge is 2.43. The van der Waals surface area contributed by atoms with Crippen LogP contribution in [0.15, 0.2) is 27.7 Å². The minimum absolute atomic E-state index is 0.217. The highest BCUT2D eigenvalue weighted by Crippen LogP contribution is 2.50. The highest BCUT2D eigenvalue weighted by atomic mass is 32.2. The number of hydrogen-bond acceptors (Lipinski definition) is 8. The molecule has 0 aromatic carbocycles. The van der Waals surface area contributed by atoms with Crippen LogP contribution in [-0.2, 0) is 9.84 Å². The van der Waals surface area contributed by atoms with E-state index in [4.69, 9.17) is 14.2 Å². The molecule has 0 spiro atoms. The lowest BCUT2D eigenvalue weighted by Gasteiger charge is -2.31. The van der Waals surface area contributed by atoms with Crippen molar-refractivity contribution in [3.63, 3.8) is 0 Å². The Morgan fingerprint density at radius 3 is 2.62 bits per heavy atom. The van der Waals surface area contributed by atoms with Gasteiger partial charge in [-0.25, -0.2) is 13.4 Å². The lowest BCUT2D eigenvalue weighted by Crippen LogP contribution is -2.35. The van der Waals surface area contributed by atoms with Crippen molar-refractivity contribution in [1.29, 1.82) is 0 Å². The molecular weight excluding hydrogens is 428 g/mol. The van der Waals surface area contributed by atoms with E-state index >= 15 is 0 Å². The molecule has 0 amide bonds. The smallest absolute Gasteiger partial charge is 0.266 e. The zero-order valence-electron chi connectivity index (χ0n) is 18.6. The van der Waals surface area contributed by atoms with Gasteiger partial charge in [0.05, 0.1) is 11.5 Å². The predicted molar refractivity (Wildman–Crippen MR) is 119 cm³/mol. The SMILES string of the molecule is CS(=O)(=O)c1ccc(OCC[C@@H]2C[C@@H]2C2CCN(c3noc(C4CCCC4)n3)CC2)nc1. The van der Waals surface area contributed by atoms with Gasteiger partial charge < -0.3 is 14.2 Å². The molecule has 2 aromatic heterocycles. The van der Waals surface area contributed by atoms with Gasteiger partial charge in [0.25, 0.3) is 5.95 Å². The number of hydrogen-bond donors (Lipinski definition) is 0. The first-order valence-electron chi connectivity index (χ1n) is 11.8. The van der Waals surface area contributed by atoms with Crippen molar-refractivity contribution in [3.8, 4) is 5.88 Å². The van der Waals surface area contributed by atoms with Crippen LogP contribution in [0.25, 0.3) is 0 Å². The maximum atomic E-state index is 11.5. The van der Waals surface area contributed by atoms with E-state index in [0.29, 0.717) is 18.4 Å². The molecule has 3 fully saturated rings. The summed E-state index contributed by atoms with van der Waals surface area (Å²) in [6, 6.07) is 3.18. The Morgan fingerprint density at radius 1 is 1.16 bits per heavy atom. The number of rotatable bonds is 8. The first-order chi connectivity index (χ1) is 15.5. The van der Waals surface area contributed by atoms with Crippen LogP contribution in [0, 0.1) is 17.8 Å². The Kier molecular flexibility index (Phi) is 6.09. The van der Waals surface area contributed by atoms with Gasteiger partial charge in [0.15, 0.2) is 9.84 Å². The third kappa shape index (κ3) is 4.92. The summed E-state index contributed by atoms with van der Waals surface area (Å²) in [5, 5.41) is 4.26. The molecule has 3 heterocycles. The fourth-order valence-corrected chi connectivity index (χ4v) is 5.95. The summed E-state index contributed by atoms with van der Waals surface area (Å²) in [6.07, 6.45) is 12.1. The van der Waals surface area contributed by atoms with Crippen LogP contribution in [-0.4, -0.2) is 49.5 Å². The fraction of sp³-hybridized carbons (Fsp3) is 0.696. The molecule has 2 aromatic rings. The molecular formula is C23H32N4O4S. The Morgan fingerprint density at radius 2 is 1.94 bits per heavy atom. The zero-order valence-corrected chi connectivity index (χ0v) is 19.5. The number of pyridine rings is 1. The Labute approximate surface area is 189 Å². The molecule has 0 radical (unpaired) electrons. The molecule has 2 aliphatic carbocycles. The van der Waals surface area contributed by atoms with E-state index in [-0.39, 0.29) is 4.90 Å². The molecule has 1 saturated heterocycles. The molecule has 0 N–H and O–H groups in total. The molecule has 174 valence electrons. The van der Waals surface area contributed by atoms with Gasteiger partial charge in [0.2, 0.25) is 11.8 Å². The van der Waals surface area contributed by atoms with E-state index in [9.17, 15) is 8.42 Å². The fourth-order valence-electron chi connectivity index (χ4n) is 5.39. The van der Waals surface area contributed by atoms with Crippen molar-refractivity contribution < 1.29 is 17.7 Å². The van der Waals surface area contributed by atoms with Gasteiger partial charge in [-0.05, 0) is 67.5 Å². The van der Waals surface area contributed by atoms with Gasteiger partial charge in [-0.1, -0.05) is 12.8 Å². The van der Waals surface area contributed by atoms with Crippen molar-refractivity contribution in [2.45, 2.75) is 62.2 Å². The van der Waals surface area contributed by atoms with Crippen LogP contribution in [0.2, 0.25) is 0 Å². The Hall–Kier alpha value is -2.16. The second-order valence-electron chi connectivity index (χ2n) is 9.64. The van der Waals surface area contributed by atoms with E-state index in [1.807, 2.05) is 0 Å². The third-order valence-electron chi connectivity index (χ3n) is 7.42. The zero-order chi connectivity index (χ0) is 22.1. The molecule has 3 aliphatic rings. The van der Waals surface area contributed by atoms with E-state index in [2.05, 4.69) is 15.0 Å². The number of piperidine rings is 1. The summed E-state index contributed by atoms with van der Waals surface area (Å²) >= 11 is 0. The average molecular weight is 461 g/mol. The maximum absolute atomic E-state index is 11.5. The number of anilines is 1. The lowest BCUT2D eigenvalue weighted by atomic mass is 9.90. The molecule has 0 unspecified atom stereocenters. The van der Waals surface area contributed by atoms with Crippen LogP contribution >= 0.6 is 0 Å². The van der Waals surface area contributed by atoms with Crippen LogP contribution in [0.4, 0.5) is 5.95 Å². The molecule has 9 heteroatoms. The molecule has 1 aliphatic heterocycles. The standard InChI is InChI=1S/C23H32N4O4S/c1-32(28,29)19-6-7-21(24-15-19)30-13-10-18-14-20(18)16-8-11-27(12-9-16)23-25-22(31-26-23)17-4-2-3-5-17/h6-7,15-18,20H,2-5,8-14H2,1H3/t18-,20-/m1/s1. The highest BCUT2D eigenvalue weighted by molar-refractivity contribution is 7.90. The number of ether oxygens (including phenoxy) is 1. The van der Waals surface area contributed by atoms with Gasteiger partial charge in [-0.3, -0.25) is 0 Å². The summed E-state index contributed by atoms with van der Waals surface area (Å²) in [7, 11) is -3.22. The van der Waals surface area contributed by atoms with E-state index in [1.54, 1.807) is 12.1 Å². The summed E-state index contributed by atoms with van der Waals surface area (Å²) in [4.78, 5) is 11.3. The normalized spacial score (nSPS) is 24.7. The predicted octanol–water partition coefficient (Wildman–Crippen LogP) is 3.85. The van der Waals surface area contributed by atoms with Crippen LogP contribution in [0.1, 0.15) is 63.2 Å². The minimum Gasteiger partial charge on any atom is -0.478 e. The average Bonchev–Trinajstić information content (AvgIpc) is 3.17. The molecule has 2 saturated carbocycles. The largest absolute Gasteiger partial charge is 0.478 e. The first-order valence-corrected chi connectivity index (χ1v) is 13.7. The van der Waals surface area contributed by atoms with E-state index < -0.39 is 9.84 Å². The number of sulfone groups is 1. The van der Waals surface area contributed by atoms with Gasteiger partial charge in [-0.15, -0.1) is 0 Å². The summed E-state index contributed by atoms with van der Waals surface area (Å²) in [6.45, 7) is 2.63. The van der Waals surface area contributed by atoms with Crippen molar-refractivity contribution in [2.75, 3.05) is 30.9 Å². The number of aromatic nitrogens is 3. The van der Waals surface area contributed by atoms with Crippen LogP contribution in [0.3, 0.4) is 0 Å². The van der Waals surface area contributed by atoms with Crippen LogP contribution in [0.5, 0.6) is 5.88 Å². The molecule has 0 bridgehead atoms. The first kappa shape index (κ1) is 21.7. The van der Waals surface area contributed by atoms with Gasteiger partial charge in [0, 0.05) is 37.5 Å². The van der Waals surface area contributed by atoms with Crippen molar-refractivity contribution in [2.24, 2.45) is 17.8 Å². The molecule has 5 rings (SSSR count). The molecule has 32 heavy (non-hydrogen) atoms. The summed E-state index contributed by atoms with van der Waals surface area (Å²) < 4.78 is 34.3. The molecule has 8 nitrogen and oxygen atoms in total. The van der Waals surface area contributed by atoms with Gasteiger partial charge >= 0.3 is 0 Å². The summed E-state index contributed by atoms with van der Waals surface area (Å²) in [5.74, 6) is 4.85. The second-order valence-corrected chi connectivity index (χ2v) is 11.7. The summed E-state index contributed by atoms with van der Waals surface area (Å²) in [5.41, 5.74) is 0. The number of nitrogens with zero attached hydrogens (tertiary/aromatic N) is 4. The van der Waals surface area contributed by atoms with Gasteiger partial charge in [-0.2, -0.15) is 4.98 Å². The quantitative estimate of drug-likeness (QED) is 0.586. The minimum atomic E-state index is -3.22.